The molecule has 0 N–H and O–H groups in total. The van der Waals surface area contributed by atoms with Gasteiger partial charge < -0.3 is 9.80 Å². The molecule has 0 radical (unpaired) electrons. The zero-order chi connectivity index (χ0) is 22.3. The Balaban J connectivity index is 1.41. The quantitative estimate of drug-likeness (QED) is 0.450. The maximum Gasteiger partial charge on any atom is 0.227 e. The van der Waals surface area contributed by atoms with E-state index in [-0.39, 0.29) is 11.9 Å². The lowest BCUT2D eigenvalue weighted by Crippen LogP contribution is -2.50. The standard InChI is InChI=1S/C27H32Cl2N2O/c28-25-12-11-23(18-26(25)29)19-27(32)31-16-13-22(10-6-9-21-7-2-1-3-8-21)17-24(31)20-30-14-4-5-15-30/h1-3,7-8,10-12,18,24H,4-6,9,13-17,19-20H2. The molecule has 4 rings (SSSR count). The zero-order valence-electron chi connectivity index (χ0n) is 18.6. The minimum atomic E-state index is 0.191. The Bertz CT molecular complexity index is 938. The van der Waals surface area contributed by atoms with Crippen LogP contribution in [-0.2, 0) is 17.6 Å². The number of nitrogens with zero attached hydrogens (tertiary/aromatic N) is 2. The zero-order valence-corrected chi connectivity index (χ0v) is 20.1. The van der Waals surface area contributed by atoms with Crippen LogP contribution in [0.3, 0.4) is 0 Å². The minimum Gasteiger partial charge on any atom is -0.337 e. The van der Waals surface area contributed by atoms with Crippen molar-refractivity contribution >= 4 is 29.1 Å². The second-order valence-electron chi connectivity index (χ2n) is 9.01. The van der Waals surface area contributed by atoms with Crippen LogP contribution in [0.4, 0.5) is 0 Å². The van der Waals surface area contributed by atoms with Gasteiger partial charge in [0, 0.05) is 19.1 Å². The fourth-order valence-corrected chi connectivity index (χ4v) is 5.24. The summed E-state index contributed by atoms with van der Waals surface area (Å²) in [6.45, 7) is 4.08. The highest BCUT2D eigenvalue weighted by molar-refractivity contribution is 6.42. The van der Waals surface area contributed by atoms with Gasteiger partial charge in [0.25, 0.3) is 0 Å². The Morgan fingerprint density at radius 2 is 1.75 bits per heavy atom. The molecule has 3 nitrogen and oxygen atoms in total. The van der Waals surface area contributed by atoms with Crippen LogP contribution < -0.4 is 0 Å². The molecule has 1 amide bonds. The predicted octanol–water partition coefficient (Wildman–Crippen LogP) is 6.18. The minimum absolute atomic E-state index is 0.191. The van der Waals surface area contributed by atoms with Crippen molar-refractivity contribution in [2.24, 2.45) is 0 Å². The molecule has 1 unspecified atom stereocenters. The third-order valence-corrected chi connectivity index (χ3v) is 7.39. The molecule has 170 valence electrons. The van der Waals surface area contributed by atoms with Gasteiger partial charge in [-0.05, 0) is 74.9 Å². The van der Waals surface area contributed by atoms with Gasteiger partial charge in [0.05, 0.1) is 16.5 Å². The Morgan fingerprint density at radius 1 is 0.969 bits per heavy atom. The highest BCUT2D eigenvalue weighted by Crippen LogP contribution is 2.27. The predicted molar refractivity (Wildman–Crippen MR) is 133 cm³/mol. The Morgan fingerprint density at radius 3 is 2.50 bits per heavy atom. The molecule has 0 spiro atoms. The monoisotopic (exact) mass is 470 g/mol. The molecule has 32 heavy (non-hydrogen) atoms. The summed E-state index contributed by atoms with van der Waals surface area (Å²) in [5.41, 5.74) is 3.81. The summed E-state index contributed by atoms with van der Waals surface area (Å²) in [7, 11) is 0. The van der Waals surface area contributed by atoms with Crippen LogP contribution in [0.15, 0.2) is 60.2 Å². The number of likely N-dealkylation sites (tertiary alicyclic amines) is 2. The van der Waals surface area contributed by atoms with Crippen LogP contribution >= 0.6 is 23.2 Å². The van der Waals surface area contributed by atoms with Crippen LogP contribution in [0.2, 0.25) is 10.0 Å². The normalized spacial score (nSPS) is 20.8. The number of carbonyl (C=O) groups is 1. The molecule has 2 fully saturated rings. The number of hydrogen-bond donors (Lipinski definition) is 0. The molecular formula is C27H32Cl2N2O. The van der Waals surface area contributed by atoms with Gasteiger partial charge in [-0.3, -0.25) is 4.79 Å². The van der Waals surface area contributed by atoms with Gasteiger partial charge in [0.1, 0.15) is 0 Å². The molecule has 2 saturated heterocycles. The van der Waals surface area contributed by atoms with Gasteiger partial charge in [-0.15, -0.1) is 0 Å². The average Bonchev–Trinajstić information content (AvgIpc) is 3.30. The Kier molecular flexibility index (Phi) is 8.29. The number of aryl methyl sites for hydroxylation is 1. The summed E-state index contributed by atoms with van der Waals surface area (Å²) in [4.78, 5) is 17.9. The lowest BCUT2D eigenvalue weighted by Gasteiger charge is -2.39. The molecular weight excluding hydrogens is 439 g/mol. The first-order chi connectivity index (χ1) is 15.6. The van der Waals surface area contributed by atoms with E-state index in [1.54, 1.807) is 6.07 Å². The molecule has 0 aromatic heterocycles. The van der Waals surface area contributed by atoms with Gasteiger partial charge in [-0.25, -0.2) is 0 Å². The molecule has 2 heterocycles. The van der Waals surface area contributed by atoms with E-state index in [2.05, 4.69) is 46.2 Å². The van der Waals surface area contributed by atoms with E-state index in [4.69, 9.17) is 23.2 Å². The van der Waals surface area contributed by atoms with Crippen molar-refractivity contribution in [3.8, 4) is 0 Å². The number of piperidine rings is 1. The summed E-state index contributed by atoms with van der Waals surface area (Å²) >= 11 is 12.2. The van der Waals surface area contributed by atoms with Crippen LogP contribution in [0, 0.1) is 0 Å². The van der Waals surface area contributed by atoms with Crippen molar-refractivity contribution in [2.75, 3.05) is 26.2 Å². The number of halogens is 2. The van der Waals surface area contributed by atoms with E-state index < -0.39 is 0 Å². The topological polar surface area (TPSA) is 23.6 Å². The largest absolute Gasteiger partial charge is 0.337 e. The summed E-state index contributed by atoms with van der Waals surface area (Å²) in [6, 6.07) is 16.4. The summed E-state index contributed by atoms with van der Waals surface area (Å²) in [6.07, 6.45) is 9.42. The van der Waals surface area contributed by atoms with E-state index in [9.17, 15) is 4.79 Å². The van der Waals surface area contributed by atoms with Gasteiger partial charge in [0.2, 0.25) is 5.91 Å². The molecule has 0 saturated carbocycles. The van der Waals surface area contributed by atoms with Crippen molar-refractivity contribution in [2.45, 2.75) is 51.0 Å². The van der Waals surface area contributed by atoms with Gasteiger partial charge in [-0.1, -0.05) is 71.2 Å². The van der Waals surface area contributed by atoms with Gasteiger partial charge in [0.15, 0.2) is 0 Å². The molecule has 2 aliphatic heterocycles. The van der Waals surface area contributed by atoms with Crippen molar-refractivity contribution in [3.63, 3.8) is 0 Å². The van der Waals surface area contributed by atoms with E-state index in [1.165, 1.54) is 24.0 Å². The van der Waals surface area contributed by atoms with E-state index >= 15 is 0 Å². The van der Waals surface area contributed by atoms with Crippen molar-refractivity contribution in [1.29, 1.82) is 0 Å². The first-order valence-corrected chi connectivity index (χ1v) is 12.5. The Hall–Kier alpha value is -1.81. The van der Waals surface area contributed by atoms with E-state index in [0.29, 0.717) is 16.5 Å². The molecule has 2 aromatic rings. The van der Waals surface area contributed by atoms with Crippen molar-refractivity contribution in [3.05, 3.63) is 81.4 Å². The molecule has 0 aliphatic carbocycles. The molecule has 1 atom stereocenters. The third-order valence-electron chi connectivity index (χ3n) is 6.65. The lowest BCUT2D eigenvalue weighted by molar-refractivity contribution is -0.133. The number of benzene rings is 2. The summed E-state index contributed by atoms with van der Waals surface area (Å²) in [5.74, 6) is 0.191. The van der Waals surface area contributed by atoms with Crippen molar-refractivity contribution < 1.29 is 4.79 Å². The van der Waals surface area contributed by atoms with Crippen LogP contribution in [0.1, 0.15) is 43.2 Å². The molecule has 0 bridgehead atoms. The van der Waals surface area contributed by atoms with Gasteiger partial charge >= 0.3 is 0 Å². The summed E-state index contributed by atoms with van der Waals surface area (Å²) < 4.78 is 0. The highest BCUT2D eigenvalue weighted by atomic mass is 35.5. The number of rotatable bonds is 7. The smallest absolute Gasteiger partial charge is 0.227 e. The van der Waals surface area contributed by atoms with Crippen LogP contribution in [0.25, 0.3) is 0 Å². The maximum atomic E-state index is 13.3. The molecule has 5 heteroatoms. The van der Waals surface area contributed by atoms with E-state index in [1.807, 2.05) is 12.1 Å². The average molecular weight is 471 g/mol. The number of allylic oxidation sites excluding steroid dienone is 1. The first kappa shape index (κ1) is 23.4. The Labute approximate surface area is 202 Å². The second kappa shape index (κ2) is 11.4. The van der Waals surface area contributed by atoms with E-state index in [0.717, 1.165) is 57.4 Å². The fourth-order valence-electron chi connectivity index (χ4n) is 4.92. The number of hydrogen-bond acceptors (Lipinski definition) is 2. The third kappa shape index (κ3) is 6.37. The maximum absolute atomic E-state index is 13.3. The fraction of sp³-hybridized carbons (Fsp3) is 0.444. The SMILES string of the molecule is O=C(Cc1ccc(Cl)c(Cl)c1)N1CCC(=CCCc2ccccc2)CC1CN1CCCC1. The lowest BCUT2D eigenvalue weighted by atomic mass is 9.93. The van der Waals surface area contributed by atoms with Gasteiger partial charge in [-0.2, -0.15) is 0 Å². The van der Waals surface area contributed by atoms with Crippen molar-refractivity contribution in [1.82, 2.24) is 9.80 Å². The highest BCUT2D eigenvalue weighted by Gasteiger charge is 2.30. The summed E-state index contributed by atoms with van der Waals surface area (Å²) in [5, 5.41) is 1.03. The van der Waals surface area contributed by atoms with Crippen LogP contribution in [-0.4, -0.2) is 47.9 Å². The van der Waals surface area contributed by atoms with Crippen LogP contribution in [0.5, 0.6) is 0 Å². The number of amides is 1. The molecule has 2 aliphatic rings. The molecule has 2 aromatic carbocycles. The number of carbonyl (C=O) groups excluding carboxylic acids is 1. The second-order valence-corrected chi connectivity index (χ2v) is 9.83. The first-order valence-electron chi connectivity index (χ1n) is 11.8.